The van der Waals surface area contributed by atoms with Crippen LogP contribution in [0.1, 0.15) is 6.92 Å². The van der Waals surface area contributed by atoms with Crippen molar-refractivity contribution in [2.45, 2.75) is 13.1 Å². The van der Waals surface area contributed by atoms with E-state index in [1.54, 1.807) is 0 Å². The molecule has 0 atom stereocenters. The second kappa shape index (κ2) is 3.10. The molecule has 9 heavy (non-hydrogen) atoms. The summed E-state index contributed by atoms with van der Waals surface area (Å²) in [5.74, 6) is 0.165. The number of thioether (sulfide) groups is 1. The summed E-state index contributed by atoms with van der Waals surface area (Å²) in [6, 6.07) is 0. The Hall–Kier alpha value is -0.190. The maximum Gasteiger partial charge on any atom is 0.460 e. The quantitative estimate of drug-likeness (QED) is 0.579. The zero-order valence-electron chi connectivity index (χ0n) is 4.66. The zero-order valence-corrected chi connectivity index (χ0v) is 5.47. The molecule has 0 spiro atoms. The molecule has 0 bridgehead atoms. The fraction of sp³-hybridized carbons (Fsp3) is 0.750. The molecule has 0 rings (SSSR count). The lowest BCUT2D eigenvalue weighted by atomic mass is 10.8. The van der Waals surface area contributed by atoms with Crippen molar-refractivity contribution >= 4 is 16.9 Å². The van der Waals surface area contributed by atoms with Gasteiger partial charge in [-0.1, -0.05) is 18.7 Å². The Morgan fingerprint density at radius 1 is 1.56 bits per heavy atom. The highest BCUT2D eigenvalue weighted by Crippen LogP contribution is 2.22. The van der Waals surface area contributed by atoms with E-state index in [0.29, 0.717) is 0 Å². The number of hydrogen-bond donors (Lipinski definition) is 0. The summed E-state index contributed by atoms with van der Waals surface area (Å²) in [6.45, 7) is 1.49. The van der Waals surface area contributed by atoms with Crippen LogP contribution in [0.5, 0.6) is 0 Å². The third-order valence-electron chi connectivity index (χ3n) is 0.507. The highest BCUT2D eigenvalue weighted by atomic mass is 32.2. The van der Waals surface area contributed by atoms with Crippen molar-refractivity contribution in [3.8, 4) is 0 Å². The number of hydrogen-bond acceptors (Lipinski definition) is 2. The average molecular weight is 158 g/mol. The van der Waals surface area contributed by atoms with E-state index in [4.69, 9.17) is 0 Å². The van der Waals surface area contributed by atoms with E-state index >= 15 is 0 Å². The maximum atomic E-state index is 11.3. The number of halogens is 3. The van der Waals surface area contributed by atoms with Crippen molar-refractivity contribution in [3.63, 3.8) is 0 Å². The van der Waals surface area contributed by atoms with Crippen LogP contribution in [-0.2, 0) is 4.79 Å². The largest absolute Gasteiger partial charge is 0.460 e. The summed E-state index contributed by atoms with van der Waals surface area (Å²) in [5.41, 5.74) is 0. The first-order chi connectivity index (χ1) is 3.98. The van der Waals surface area contributed by atoms with E-state index in [0.717, 1.165) is 0 Å². The summed E-state index contributed by atoms with van der Waals surface area (Å²) < 4.78 is 33.8. The molecular formula is C4H5F3OS. The normalized spacial score (nSPS) is 11.6. The summed E-state index contributed by atoms with van der Waals surface area (Å²) in [4.78, 5) is 9.90. The van der Waals surface area contributed by atoms with Gasteiger partial charge >= 0.3 is 6.18 Å². The van der Waals surface area contributed by atoms with E-state index in [-0.39, 0.29) is 17.5 Å². The van der Waals surface area contributed by atoms with Gasteiger partial charge in [-0.2, -0.15) is 13.2 Å². The predicted octanol–water partition coefficient (Wildman–Crippen LogP) is 1.83. The van der Waals surface area contributed by atoms with E-state index in [2.05, 4.69) is 0 Å². The Labute approximate surface area is 54.6 Å². The first-order valence-corrected chi connectivity index (χ1v) is 3.21. The summed E-state index contributed by atoms with van der Waals surface area (Å²) >= 11 is 0.274. The molecule has 0 aliphatic heterocycles. The predicted molar refractivity (Wildman–Crippen MR) is 29.2 cm³/mol. The molecule has 0 saturated carbocycles. The van der Waals surface area contributed by atoms with E-state index in [1.165, 1.54) is 6.92 Å². The lowest BCUT2D eigenvalue weighted by Gasteiger charge is -2.00. The SMILES string of the molecule is CCSC(=O)C(F)(F)F. The van der Waals surface area contributed by atoms with Gasteiger partial charge in [-0.25, -0.2) is 0 Å². The Bertz CT molecular complexity index is 109. The van der Waals surface area contributed by atoms with Gasteiger partial charge in [-0.15, -0.1) is 0 Å². The number of carbonyl (C=O) groups excluding carboxylic acids is 1. The van der Waals surface area contributed by atoms with Crippen LogP contribution in [-0.4, -0.2) is 17.0 Å². The summed E-state index contributed by atoms with van der Waals surface area (Å²) in [6.07, 6.45) is -4.67. The van der Waals surface area contributed by atoms with Gasteiger partial charge in [0.15, 0.2) is 0 Å². The monoisotopic (exact) mass is 158 g/mol. The van der Waals surface area contributed by atoms with Gasteiger partial charge in [0, 0.05) is 0 Å². The lowest BCUT2D eigenvalue weighted by Crippen LogP contribution is -2.18. The van der Waals surface area contributed by atoms with Crippen LogP contribution in [0.25, 0.3) is 0 Å². The molecule has 0 aromatic heterocycles. The fourth-order valence-corrected chi connectivity index (χ4v) is 0.639. The summed E-state index contributed by atoms with van der Waals surface area (Å²) in [5, 5.41) is -1.72. The van der Waals surface area contributed by atoms with E-state index < -0.39 is 11.3 Å². The molecule has 0 heterocycles. The highest BCUT2D eigenvalue weighted by Gasteiger charge is 2.37. The molecule has 5 heteroatoms. The molecule has 1 nitrogen and oxygen atoms in total. The van der Waals surface area contributed by atoms with Crippen LogP contribution < -0.4 is 0 Å². The van der Waals surface area contributed by atoms with Gasteiger partial charge in [0.05, 0.1) is 0 Å². The molecule has 0 aromatic carbocycles. The van der Waals surface area contributed by atoms with Crippen molar-refractivity contribution in [1.29, 1.82) is 0 Å². The van der Waals surface area contributed by atoms with Crippen LogP contribution >= 0.6 is 11.8 Å². The maximum absolute atomic E-state index is 11.3. The molecule has 0 aromatic rings. The first kappa shape index (κ1) is 8.81. The van der Waals surface area contributed by atoms with Gasteiger partial charge in [0.2, 0.25) is 0 Å². The van der Waals surface area contributed by atoms with E-state index in [9.17, 15) is 18.0 Å². The van der Waals surface area contributed by atoms with Gasteiger partial charge in [0.25, 0.3) is 5.12 Å². The van der Waals surface area contributed by atoms with E-state index in [1.807, 2.05) is 0 Å². The van der Waals surface area contributed by atoms with Crippen LogP contribution in [0.4, 0.5) is 13.2 Å². The minimum absolute atomic E-state index is 0.165. The van der Waals surface area contributed by atoms with Gasteiger partial charge in [-0.05, 0) is 5.75 Å². The highest BCUT2D eigenvalue weighted by molar-refractivity contribution is 8.13. The second-order valence-corrected chi connectivity index (χ2v) is 2.46. The van der Waals surface area contributed by atoms with Gasteiger partial charge in [-0.3, -0.25) is 4.79 Å². The standard InChI is InChI=1S/C4H5F3OS/c1-2-9-3(8)4(5,6)7/h2H2,1H3. The van der Waals surface area contributed by atoms with Crippen molar-refractivity contribution < 1.29 is 18.0 Å². The van der Waals surface area contributed by atoms with Crippen molar-refractivity contribution in [3.05, 3.63) is 0 Å². The zero-order chi connectivity index (χ0) is 7.49. The third-order valence-corrected chi connectivity index (χ3v) is 1.29. The van der Waals surface area contributed by atoms with Crippen LogP contribution in [0, 0.1) is 0 Å². The molecule has 0 radical (unpaired) electrons. The van der Waals surface area contributed by atoms with Gasteiger partial charge in [0.1, 0.15) is 0 Å². The third kappa shape index (κ3) is 3.40. The Morgan fingerprint density at radius 2 is 2.00 bits per heavy atom. The lowest BCUT2D eigenvalue weighted by molar-refractivity contribution is -0.160. The smallest absolute Gasteiger partial charge is 0.277 e. The van der Waals surface area contributed by atoms with Crippen LogP contribution in [0.3, 0.4) is 0 Å². The average Bonchev–Trinajstić information content (AvgIpc) is 1.64. The Kier molecular flexibility index (Phi) is 3.03. The molecule has 0 aliphatic rings. The van der Waals surface area contributed by atoms with Crippen molar-refractivity contribution in [2.75, 3.05) is 5.75 Å². The molecule has 0 saturated heterocycles. The van der Waals surface area contributed by atoms with Crippen molar-refractivity contribution in [2.24, 2.45) is 0 Å². The molecule has 0 amide bonds. The number of carbonyl (C=O) groups is 1. The van der Waals surface area contributed by atoms with Crippen molar-refractivity contribution in [1.82, 2.24) is 0 Å². The van der Waals surface area contributed by atoms with Crippen LogP contribution in [0.2, 0.25) is 0 Å². The molecule has 0 fully saturated rings. The molecule has 0 aliphatic carbocycles. The molecule has 0 unspecified atom stereocenters. The number of rotatable bonds is 1. The molecular weight excluding hydrogens is 153 g/mol. The molecule has 0 N–H and O–H groups in total. The number of alkyl halides is 3. The Morgan fingerprint density at radius 3 is 2.11 bits per heavy atom. The minimum atomic E-state index is -4.67. The topological polar surface area (TPSA) is 17.1 Å². The van der Waals surface area contributed by atoms with Crippen LogP contribution in [0.15, 0.2) is 0 Å². The fourth-order valence-electron chi connectivity index (χ4n) is 0.213. The second-order valence-electron chi connectivity index (χ2n) is 1.22. The Balaban J connectivity index is 3.74. The molecule has 54 valence electrons. The van der Waals surface area contributed by atoms with Gasteiger partial charge < -0.3 is 0 Å². The first-order valence-electron chi connectivity index (χ1n) is 2.22. The summed E-state index contributed by atoms with van der Waals surface area (Å²) in [7, 11) is 0. The minimum Gasteiger partial charge on any atom is -0.277 e.